The molecule has 0 aromatic heterocycles. The summed E-state index contributed by atoms with van der Waals surface area (Å²) in [6.45, 7) is 3.27. The number of para-hydroxylation sites is 1. The molecule has 0 N–H and O–H groups in total. The number of ketones is 2. The predicted octanol–water partition coefficient (Wildman–Crippen LogP) is 4.04. The van der Waals surface area contributed by atoms with Gasteiger partial charge in [0.15, 0.2) is 5.78 Å². The Balaban J connectivity index is 1.96. The molecular weight excluding hydrogens is 292 g/mol. The largest absolute Gasteiger partial charge is 0.455 e. The smallest absolute Gasteiger partial charge is 0.238 e. The molecule has 23 heavy (non-hydrogen) atoms. The Labute approximate surface area is 136 Å². The van der Waals surface area contributed by atoms with E-state index in [2.05, 4.69) is 0 Å². The predicted molar refractivity (Wildman–Crippen MR) is 87.8 cm³/mol. The van der Waals surface area contributed by atoms with E-state index in [0.29, 0.717) is 17.1 Å². The van der Waals surface area contributed by atoms with Gasteiger partial charge in [-0.1, -0.05) is 30.3 Å². The van der Waals surface area contributed by atoms with Crippen molar-refractivity contribution in [3.8, 4) is 11.5 Å². The molecule has 2 aromatic carbocycles. The normalized spacial score (nSPS) is 11.6. The lowest BCUT2D eigenvalue weighted by Crippen LogP contribution is -2.19. The molecule has 0 radical (unpaired) electrons. The fraction of sp³-hybridized carbons (Fsp3) is 0.263. The molecule has 120 valence electrons. The highest BCUT2D eigenvalue weighted by atomic mass is 16.7. The standard InChI is InChI=1S/C19H20O4/c1-14(20)11-12-19(21)16-7-6-10-18(13-16)23-15(2)22-17-8-4-3-5-9-17/h3-10,13,15H,11-12H2,1-2H3. The number of benzene rings is 2. The van der Waals surface area contributed by atoms with Gasteiger partial charge < -0.3 is 14.3 Å². The molecule has 1 unspecified atom stereocenters. The zero-order valence-corrected chi connectivity index (χ0v) is 13.3. The van der Waals surface area contributed by atoms with Crippen LogP contribution in [0, 0.1) is 0 Å². The Hall–Kier alpha value is -2.62. The average Bonchev–Trinajstić information content (AvgIpc) is 2.53. The second kappa shape index (κ2) is 8.13. The van der Waals surface area contributed by atoms with Crippen LogP contribution in [-0.2, 0) is 4.79 Å². The minimum absolute atomic E-state index is 0.00985. The van der Waals surface area contributed by atoms with Crippen molar-refractivity contribution in [3.63, 3.8) is 0 Å². The molecule has 0 saturated heterocycles. The molecule has 0 fully saturated rings. The van der Waals surface area contributed by atoms with E-state index in [1.54, 1.807) is 31.2 Å². The van der Waals surface area contributed by atoms with Crippen LogP contribution in [0.25, 0.3) is 0 Å². The summed E-state index contributed by atoms with van der Waals surface area (Å²) in [5, 5.41) is 0. The van der Waals surface area contributed by atoms with E-state index in [4.69, 9.17) is 9.47 Å². The molecule has 0 amide bonds. The van der Waals surface area contributed by atoms with Gasteiger partial charge in [-0.05, 0) is 31.2 Å². The molecule has 0 saturated carbocycles. The molecule has 2 rings (SSSR count). The van der Waals surface area contributed by atoms with E-state index >= 15 is 0 Å². The lowest BCUT2D eigenvalue weighted by Gasteiger charge is -2.17. The van der Waals surface area contributed by atoms with Crippen molar-refractivity contribution in [2.24, 2.45) is 0 Å². The fourth-order valence-electron chi connectivity index (χ4n) is 2.08. The lowest BCUT2D eigenvalue weighted by atomic mass is 10.1. The molecule has 4 nitrogen and oxygen atoms in total. The molecule has 2 aromatic rings. The first kappa shape index (κ1) is 16.7. The summed E-state index contributed by atoms with van der Waals surface area (Å²) < 4.78 is 11.3. The Morgan fingerprint density at radius 3 is 2.26 bits per heavy atom. The van der Waals surface area contributed by atoms with Crippen molar-refractivity contribution in [2.75, 3.05) is 0 Å². The van der Waals surface area contributed by atoms with Crippen LogP contribution in [0.2, 0.25) is 0 Å². The number of Topliss-reactive ketones (excluding diaryl/α,β-unsaturated/α-hetero) is 2. The Bertz CT molecular complexity index is 664. The van der Waals surface area contributed by atoms with Crippen LogP contribution in [0.3, 0.4) is 0 Å². The zero-order valence-electron chi connectivity index (χ0n) is 13.3. The van der Waals surface area contributed by atoms with Crippen LogP contribution < -0.4 is 9.47 Å². The van der Waals surface area contributed by atoms with Crippen LogP contribution in [0.4, 0.5) is 0 Å². The molecule has 0 aliphatic heterocycles. The summed E-state index contributed by atoms with van der Waals surface area (Å²) in [4.78, 5) is 23.0. The number of ether oxygens (including phenoxy) is 2. The van der Waals surface area contributed by atoms with Gasteiger partial charge in [0.25, 0.3) is 0 Å². The van der Waals surface area contributed by atoms with Crippen LogP contribution in [0.5, 0.6) is 11.5 Å². The van der Waals surface area contributed by atoms with E-state index in [0.717, 1.165) is 0 Å². The van der Waals surface area contributed by atoms with E-state index in [-0.39, 0.29) is 24.4 Å². The highest BCUT2D eigenvalue weighted by molar-refractivity contribution is 5.98. The third-order valence-electron chi connectivity index (χ3n) is 3.21. The first-order valence-corrected chi connectivity index (χ1v) is 7.55. The summed E-state index contributed by atoms with van der Waals surface area (Å²) in [6.07, 6.45) is -0.00767. The zero-order chi connectivity index (χ0) is 16.7. The lowest BCUT2D eigenvalue weighted by molar-refractivity contribution is -0.116. The van der Waals surface area contributed by atoms with Gasteiger partial charge in [-0.3, -0.25) is 4.79 Å². The summed E-state index contributed by atoms with van der Waals surface area (Å²) in [6, 6.07) is 16.3. The van der Waals surface area contributed by atoms with E-state index in [1.165, 1.54) is 6.92 Å². The van der Waals surface area contributed by atoms with Crippen molar-refractivity contribution in [1.29, 1.82) is 0 Å². The average molecular weight is 312 g/mol. The second-order valence-corrected chi connectivity index (χ2v) is 5.27. The molecule has 1 atom stereocenters. The molecule has 0 heterocycles. The van der Waals surface area contributed by atoms with E-state index < -0.39 is 6.29 Å². The minimum atomic E-state index is -0.486. The van der Waals surface area contributed by atoms with Crippen molar-refractivity contribution < 1.29 is 19.1 Å². The van der Waals surface area contributed by atoms with Crippen molar-refractivity contribution >= 4 is 11.6 Å². The Morgan fingerprint density at radius 2 is 1.57 bits per heavy atom. The number of hydrogen-bond donors (Lipinski definition) is 0. The maximum Gasteiger partial charge on any atom is 0.238 e. The summed E-state index contributed by atoms with van der Waals surface area (Å²) in [5.41, 5.74) is 0.538. The first-order chi connectivity index (χ1) is 11.0. The topological polar surface area (TPSA) is 52.6 Å². The van der Waals surface area contributed by atoms with Gasteiger partial charge in [-0.25, -0.2) is 0 Å². The highest BCUT2D eigenvalue weighted by Crippen LogP contribution is 2.18. The second-order valence-electron chi connectivity index (χ2n) is 5.27. The van der Waals surface area contributed by atoms with Crippen LogP contribution >= 0.6 is 0 Å². The van der Waals surface area contributed by atoms with Crippen molar-refractivity contribution in [2.45, 2.75) is 33.0 Å². The molecule has 4 heteroatoms. The molecule has 0 spiro atoms. The monoisotopic (exact) mass is 312 g/mol. The van der Waals surface area contributed by atoms with Crippen molar-refractivity contribution in [1.82, 2.24) is 0 Å². The SMILES string of the molecule is CC(=O)CCC(=O)c1cccc(OC(C)Oc2ccccc2)c1. The first-order valence-electron chi connectivity index (χ1n) is 7.55. The van der Waals surface area contributed by atoms with Gasteiger partial charge in [0.2, 0.25) is 6.29 Å². The van der Waals surface area contributed by atoms with Crippen molar-refractivity contribution in [3.05, 3.63) is 60.2 Å². The molecule has 0 aliphatic rings. The number of carbonyl (C=O) groups excluding carboxylic acids is 2. The summed E-state index contributed by atoms with van der Waals surface area (Å²) in [5.74, 6) is 1.22. The maximum atomic E-state index is 12.0. The maximum absolute atomic E-state index is 12.0. The van der Waals surface area contributed by atoms with Gasteiger partial charge in [0.05, 0.1) is 0 Å². The third-order valence-corrected chi connectivity index (χ3v) is 3.21. The van der Waals surface area contributed by atoms with Gasteiger partial charge in [-0.15, -0.1) is 0 Å². The van der Waals surface area contributed by atoms with Crippen LogP contribution in [0.1, 0.15) is 37.0 Å². The minimum Gasteiger partial charge on any atom is -0.455 e. The quantitative estimate of drug-likeness (QED) is 0.545. The molecule has 0 aliphatic carbocycles. The van der Waals surface area contributed by atoms with Gasteiger partial charge in [-0.2, -0.15) is 0 Å². The van der Waals surface area contributed by atoms with E-state index in [9.17, 15) is 9.59 Å². The molecular formula is C19H20O4. The number of hydrogen-bond acceptors (Lipinski definition) is 4. The third kappa shape index (κ3) is 5.58. The Kier molecular flexibility index (Phi) is 5.92. The highest BCUT2D eigenvalue weighted by Gasteiger charge is 2.10. The van der Waals surface area contributed by atoms with Gasteiger partial charge in [0, 0.05) is 25.3 Å². The summed E-state index contributed by atoms with van der Waals surface area (Å²) >= 11 is 0. The van der Waals surface area contributed by atoms with E-state index in [1.807, 2.05) is 30.3 Å². The Morgan fingerprint density at radius 1 is 0.913 bits per heavy atom. The fourth-order valence-corrected chi connectivity index (χ4v) is 2.08. The van der Waals surface area contributed by atoms with Crippen LogP contribution in [-0.4, -0.2) is 17.9 Å². The number of carbonyl (C=O) groups is 2. The van der Waals surface area contributed by atoms with Crippen LogP contribution in [0.15, 0.2) is 54.6 Å². The molecule has 0 bridgehead atoms. The van der Waals surface area contributed by atoms with Gasteiger partial charge in [0.1, 0.15) is 17.3 Å². The van der Waals surface area contributed by atoms with Gasteiger partial charge >= 0.3 is 0 Å². The number of rotatable bonds is 8. The summed E-state index contributed by atoms with van der Waals surface area (Å²) in [7, 11) is 0.